The van der Waals surface area contributed by atoms with Gasteiger partial charge in [-0.2, -0.15) is 0 Å². The summed E-state index contributed by atoms with van der Waals surface area (Å²) in [7, 11) is 0. The zero-order valence-electron chi connectivity index (χ0n) is 14.5. The van der Waals surface area contributed by atoms with Gasteiger partial charge in [0.1, 0.15) is 5.75 Å². The average Bonchev–Trinajstić information content (AvgIpc) is 2.98. The van der Waals surface area contributed by atoms with Crippen LogP contribution in [-0.2, 0) is 9.53 Å². The van der Waals surface area contributed by atoms with E-state index < -0.39 is 5.97 Å². The molecule has 140 valence electrons. The molecule has 0 unspecified atom stereocenters. The van der Waals surface area contributed by atoms with Crippen molar-refractivity contribution < 1.29 is 14.3 Å². The fourth-order valence-corrected chi connectivity index (χ4v) is 4.12. The molecule has 1 aliphatic rings. The van der Waals surface area contributed by atoms with Crippen molar-refractivity contribution in [2.24, 2.45) is 4.99 Å². The van der Waals surface area contributed by atoms with Crippen LogP contribution in [0.2, 0.25) is 0 Å². The van der Waals surface area contributed by atoms with Crippen molar-refractivity contribution in [3.8, 4) is 5.75 Å². The van der Waals surface area contributed by atoms with Gasteiger partial charge in [-0.25, -0.2) is 9.79 Å². The summed E-state index contributed by atoms with van der Waals surface area (Å²) in [4.78, 5) is 16.5. The van der Waals surface area contributed by atoms with Crippen LogP contribution in [0, 0.1) is 0 Å². The quantitative estimate of drug-likeness (QED) is 0.231. The first kappa shape index (κ1) is 20.3. The summed E-state index contributed by atoms with van der Waals surface area (Å²) in [5.74, 6) is 0.582. The van der Waals surface area contributed by atoms with Gasteiger partial charge in [-0.1, -0.05) is 29.3 Å². The first-order valence-electron chi connectivity index (χ1n) is 8.38. The van der Waals surface area contributed by atoms with Crippen molar-refractivity contribution >= 4 is 65.7 Å². The van der Waals surface area contributed by atoms with Crippen LogP contribution in [0.5, 0.6) is 5.75 Å². The maximum absolute atomic E-state index is 12.2. The maximum atomic E-state index is 12.2. The molecule has 0 fully saturated rings. The molecule has 2 aromatic rings. The molecule has 0 spiro atoms. The van der Waals surface area contributed by atoms with Gasteiger partial charge in [0.25, 0.3) is 0 Å². The highest BCUT2D eigenvalue weighted by Crippen LogP contribution is 2.36. The molecule has 0 saturated heterocycles. The number of hydrogen-bond acceptors (Lipinski definition) is 4. The van der Waals surface area contributed by atoms with E-state index in [0.29, 0.717) is 12.5 Å². The fraction of sp³-hybridized carbons (Fsp3) is 0.200. The van der Waals surface area contributed by atoms with Crippen molar-refractivity contribution in [3.63, 3.8) is 0 Å². The lowest BCUT2D eigenvalue weighted by atomic mass is 10.2. The Balaban J connectivity index is 1.85. The van der Waals surface area contributed by atoms with Gasteiger partial charge in [-0.3, -0.25) is 0 Å². The number of rotatable bonds is 6. The molecule has 0 bridgehead atoms. The summed E-state index contributed by atoms with van der Waals surface area (Å²) in [5, 5.41) is 0. The van der Waals surface area contributed by atoms with Crippen LogP contribution >= 0.6 is 47.8 Å². The van der Waals surface area contributed by atoms with Gasteiger partial charge in [0.2, 0.25) is 5.90 Å². The number of hydrogen-bond donors (Lipinski definition) is 0. The van der Waals surface area contributed by atoms with Crippen molar-refractivity contribution in [1.29, 1.82) is 0 Å². The second-order valence-corrected chi connectivity index (χ2v) is 8.48. The number of nitrogens with zero attached hydrogens (tertiary/aromatic N) is 1. The molecule has 0 saturated carbocycles. The van der Waals surface area contributed by atoms with Crippen LogP contribution < -0.4 is 4.74 Å². The summed E-state index contributed by atoms with van der Waals surface area (Å²) in [6.45, 7) is 2.77. The van der Waals surface area contributed by atoms with Gasteiger partial charge in [-0.05, 0) is 86.3 Å². The lowest BCUT2D eigenvalue weighted by Crippen LogP contribution is -2.05. The molecule has 0 atom stereocenters. The van der Waals surface area contributed by atoms with Crippen molar-refractivity contribution in [3.05, 3.63) is 66.6 Å². The third kappa shape index (κ3) is 5.09. The predicted octanol–water partition coefficient (Wildman–Crippen LogP) is 6.50. The number of aliphatic imine (C=N–C) groups is 1. The minimum absolute atomic E-state index is 0.256. The molecule has 1 heterocycles. The smallest absolute Gasteiger partial charge is 0.363 e. The van der Waals surface area contributed by atoms with Crippen LogP contribution in [0.1, 0.15) is 30.9 Å². The zero-order chi connectivity index (χ0) is 19.4. The molecule has 1 aliphatic heterocycles. The van der Waals surface area contributed by atoms with Gasteiger partial charge in [0.05, 0.1) is 15.6 Å². The number of halogens is 3. The summed E-state index contributed by atoms with van der Waals surface area (Å²) >= 11 is 10.4. The number of unbranched alkanes of at least 4 members (excludes halogenated alkanes) is 1. The Labute approximate surface area is 183 Å². The zero-order valence-corrected chi connectivity index (χ0v) is 19.2. The van der Waals surface area contributed by atoms with Crippen LogP contribution in [0.3, 0.4) is 0 Å². The largest absolute Gasteiger partial charge is 0.491 e. The highest BCUT2D eigenvalue weighted by Gasteiger charge is 2.24. The van der Waals surface area contributed by atoms with Crippen molar-refractivity contribution in [2.75, 3.05) is 6.61 Å². The van der Waals surface area contributed by atoms with Crippen LogP contribution in [0.4, 0.5) is 0 Å². The normalized spacial score (nSPS) is 15.0. The second kappa shape index (κ2) is 9.17. The number of benzene rings is 2. The Hall–Kier alpha value is -1.44. The first-order valence-corrected chi connectivity index (χ1v) is 10.8. The topological polar surface area (TPSA) is 47.9 Å². The van der Waals surface area contributed by atoms with Gasteiger partial charge in [0, 0.05) is 10.0 Å². The standard InChI is InChI=1S/C20H16Br3NO3/c1-2-3-8-26-18-15(22)9-12(10-16(18)23)11-17-20(25)27-19(24-17)13-4-6-14(21)7-5-13/h4-7,9-11H,2-3,8H2,1H3/b17-11-. The minimum atomic E-state index is -0.469. The van der Waals surface area contributed by atoms with E-state index in [4.69, 9.17) is 9.47 Å². The van der Waals surface area contributed by atoms with Gasteiger partial charge < -0.3 is 9.47 Å². The van der Waals surface area contributed by atoms with Crippen molar-refractivity contribution in [2.45, 2.75) is 19.8 Å². The number of esters is 1. The van der Waals surface area contributed by atoms with E-state index in [1.54, 1.807) is 6.08 Å². The average molecular weight is 558 g/mol. The third-order valence-electron chi connectivity index (χ3n) is 3.78. The molecule has 7 heteroatoms. The van der Waals surface area contributed by atoms with Crippen molar-refractivity contribution in [1.82, 2.24) is 0 Å². The lowest BCUT2D eigenvalue weighted by Gasteiger charge is -2.11. The monoisotopic (exact) mass is 555 g/mol. The van der Waals surface area contributed by atoms with E-state index in [-0.39, 0.29) is 5.70 Å². The molecular formula is C20H16Br3NO3. The number of cyclic esters (lactones) is 1. The van der Waals surface area contributed by atoms with E-state index in [0.717, 1.165) is 43.1 Å². The molecule has 27 heavy (non-hydrogen) atoms. The van der Waals surface area contributed by atoms with E-state index in [1.807, 2.05) is 36.4 Å². The lowest BCUT2D eigenvalue weighted by molar-refractivity contribution is -0.129. The highest BCUT2D eigenvalue weighted by atomic mass is 79.9. The second-order valence-electron chi connectivity index (χ2n) is 5.86. The summed E-state index contributed by atoms with van der Waals surface area (Å²) in [6.07, 6.45) is 3.75. The Kier molecular flexibility index (Phi) is 6.89. The fourth-order valence-electron chi connectivity index (χ4n) is 2.40. The number of ether oxygens (including phenoxy) is 2. The van der Waals surface area contributed by atoms with Crippen LogP contribution in [0.15, 0.2) is 60.5 Å². The van der Waals surface area contributed by atoms with Crippen LogP contribution in [-0.4, -0.2) is 18.5 Å². The predicted molar refractivity (Wildman–Crippen MR) is 117 cm³/mol. The van der Waals surface area contributed by atoms with Gasteiger partial charge in [0.15, 0.2) is 5.70 Å². The van der Waals surface area contributed by atoms with Crippen LogP contribution in [0.25, 0.3) is 6.08 Å². The molecule has 4 nitrogen and oxygen atoms in total. The number of carbonyl (C=O) groups excluding carboxylic acids is 1. The maximum Gasteiger partial charge on any atom is 0.363 e. The Morgan fingerprint density at radius 2 is 1.78 bits per heavy atom. The molecule has 0 aliphatic carbocycles. The van der Waals surface area contributed by atoms with E-state index in [1.165, 1.54) is 0 Å². The summed E-state index contributed by atoms with van der Waals surface area (Å²) in [5.41, 5.74) is 1.81. The molecule has 0 radical (unpaired) electrons. The SMILES string of the molecule is CCCCOc1c(Br)cc(/C=C2\N=C(c3ccc(Br)cc3)OC2=O)cc1Br. The van der Waals surface area contributed by atoms with E-state index in [2.05, 4.69) is 59.7 Å². The molecule has 3 rings (SSSR count). The van der Waals surface area contributed by atoms with E-state index >= 15 is 0 Å². The Bertz CT molecular complexity index is 898. The molecule has 0 amide bonds. The van der Waals surface area contributed by atoms with Gasteiger partial charge in [-0.15, -0.1) is 0 Å². The van der Waals surface area contributed by atoms with Gasteiger partial charge >= 0.3 is 5.97 Å². The molecule has 2 aromatic carbocycles. The first-order chi connectivity index (χ1) is 13.0. The molecular weight excluding hydrogens is 542 g/mol. The minimum Gasteiger partial charge on any atom is -0.491 e. The third-order valence-corrected chi connectivity index (χ3v) is 5.49. The Morgan fingerprint density at radius 1 is 1.11 bits per heavy atom. The molecule has 0 N–H and O–H groups in total. The highest BCUT2D eigenvalue weighted by molar-refractivity contribution is 9.11. The number of carbonyl (C=O) groups is 1. The molecule has 0 aromatic heterocycles. The summed E-state index contributed by atoms with van der Waals surface area (Å²) in [6, 6.07) is 11.2. The summed E-state index contributed by atoms with van der Waals surface area (Å²) < 4.78 is 13.7. The Morgan fingerprint density at radius 3 is 2.41 bits per heavy atom. The van der Waals surface area contributed by atoms with E-state index in [9.17, 15) is 4.79 Å².